The molecule has 0 aliphatic carbocycles. The Bertz CT molecular complexity index is 892. The van der Waals surface area contributed by atoms with Gasteiger partial charge in [-0.3, -0.25) is 4.79 Å². The SMILES string of the molecule is Cc1ccc(NC(=O)CCc2ncc(-c3ccc(F)cc3F)o2)nc1. The van der Waals surface area contributed by atoms with Crippen molar-refractivity contribution in [3.05, 3.63) is 65.8 Å². The van der Waals surface area contributed by atoms with Gasteiger partial charge in [-0.25, -0.2) is 18.7 Å². The Morgan fingerprint density at radius 2 is 2.00 bits per heavy atom. The van der Waals surface area contributed by atoms with Crippen molar-refractivity contribution in [2.75, 3.05) is 5.32 Å². The molecule has 25 heavy (non-hydrogen) atoms. The minimum absolute atomic E-state index is 0.119. The molecule has 5 nitrogen and oxygen atoms in total. The third-order valence-corrected chi connectivity index (χ3v) is 3.49. The summed E-state index contributed by atoms with van der Waals surface area (Å²) < 4.78 is 32.1. The van der Waals surface area contributed by atoms with Crippen molar-refractivity contribution in [3.63, 3.8) is 0 Å². The molecule has 2 heterocycles. The van der Waals surface area contributed by atoms with Crippen LogP contribution in [-0.2, 0) is 11.2 Å². The van der Waals surface area contributed by atoms with Crippen LogP contribution in [0.25, 0.3) is 11.3 Å². The lowest BCUT2D eigenvalue weighted by Gasteiger charge is -2.03. The second kappa shape index (κ2) is 7.21. The molecule has 0 aliphatic rings. The van der Waals surface area contributed by atoms with Gasteiger partial charge in [-0.05, 0) is 30.7 Å². The van der Waals surface area contributed by atoms with Crippen LogP contribution >= 0.6 is 0 Å². The fraction of sp³-hybridized carbons (Fsp3) is 0.167. The number of amides is 1. The number of benzene rings is 1. The Morgan fingerprint density at radius 3 is 2.72 bits per heavy atom. The van der Waals surface area contributed by atoms with Crippen LogP contribution in [0, 0.1) is 18.6 Å². The van der Waals surface area contributed by atoms with Crippen LogP contribution in [0.5, 0.6) is 0 Å². The molecule has 1 amide bonds. The Balaban J connectivity index is 1.59. The lowest BCUT2D eigenvalue weighted by atomic mass is 10.2. The maximum atomic E-state index is 13.7. The van der Waals surface area contributed by atoms with Gasteiger partial charge in [0.05, 0.1) is 11.8 Å². The largest absolute Gasteiger partial charge is 0.441 e. The summed E-state index contributed by atoms with van der Waals surface area (Å²) in [5.41, 5.74) is 1.12. The first-order chi connectivity index (χ1) is 12.0. The molecule has 1 aromatic carbocycles. The predicted molar refractivity (Wildman–Crippen MR) is 87.8 cm³/mol. The second-order valence-electron chi connectivity index (χ2n) is 5.51. The zero-order valence-electron chi connectivity index (χ0n) is 13.4. The molecular weight excluding hydrogens is 328 g/mol. The van der Waals surface area contributed by atoms with Crippen LogP contribution in [0.4, 0.5) is 14.6 Å². The van der Waals surface area contributed by atoms with Crippen molar-refractivity contribution in [2.24, 2.45) is 0 Å². The molecule has 7 heteroatoms. The van der Waals surface area contributed by atoms with E-state index in [0.29, 0.717) is 11.7 Å². The molecule has 0 unspecified atom stereocenters. The lowest BCUT2D eigenvalue weighted by molar-refractivity contribution is -0.116. The summed E-state index contributed by atoms with van der Waals surface area (Å²) in [5.74, 6) is -0.673. The molecule has 3 aromatic rings. The monoisotopic (exact) mass is 343 g/mol. The van der Waals surface area contributed by atoms with Crippen LogP contribution in [-0.4, -0.2) is 15.9 Å². The predicted octanol–water partition coefficient (Wildman–Crippen LogP) is 3.89. The van der Waals surface area contributed by atoms with Crippen LogP contribution in [0.2, 0.25) is 0 Å². The summed E-state index contributed by atoms with van der Waals surface area (Å²) in [6.07, 6.45) is 3.40. The summed E-state index contributed by atoms with van der Waals surface area (Å²) >= 11 is 0. The van der Waals surface area contributed by atoms with E-state index in [-0.39, 0.29) is 30.1 Å². The van der Waals surface area contributed by atoms with Gasteiger partial charge in [-0.15, -0.1) is 0 Å². The van der Waals surface area contributed by atoms with E-state index in [9.17, 15) is 13.6 Å². The molecule has 0 aliphatic heterocycles. The number of aryl methyl sites for hydroxylation is 2. The van der Waals surface area contributed by atoms with E-state index in [1.807, 2.05) is 13.0 Å². The Hall–Kier alpha value is -3.09. The number of rotatable bonds is 5. The highest BCUT2D eigenvalue weighted by Crippen LogP contribution is 2.24. The van der Waals surface area contributed by atoms with E-state index < -0.39 is 11.6 Å². The zero-order chi connectivity index (χ0) is 17.8. The lowest BCUT2D eigenvalue weighted by Crippen LogP contribution is -2.13. The number of nitrogens with zero attached hydrogens (tertiary/aromatic N) is 2. The summed E-state index contributed by atoms with van der Waals surface area (Å²) in [7, 11) is 0. The smallest absolute Gasteiger partial charge is 0.226 e. The fourth-order valence-electron chi connectivity index (χ4n) is 2.21. The van der Waals surface area contributed by atoms with Gasteiger partial charge in [0, 0.05) is 25.1 Å². The average molecular weight is 343 g/mol. The molecule has 0 radical (unpaired) electrons. The molecule has 0 fully saturated rings. The van der Waals surface area contributed by atoms with E-state index in [1.54, 1.807) is 12.3 Å². The Kier molecular flexibility index (Phi) is 4.83. The number of hydrogen-bond donors (Lipinski definition) is 1. The van der Waals surface area contributed by atoms with Gasteiger partial charge in [0.15, 0.2) is 11.7 Å². The maximum absolute atomic E-state index is 13.7. The third kappa shape index (κ3) is 4.26. The van der Waals surface area contributed by atoms with Crippen molar-refractivity contribution >= 4 is 11.7 Å². The van der Waals surface area contributed by atoms with E-state index >= 15 is 0 Å². The van der Waals surface area contributed by atoms with E-state index in [4.69, 9.17) is 4.42 Å². The maximum Gasteiger partial charge on any atom is 0.226 e. The van der Waals surface area contributed by atoms with E-state index in [0.717, 1.165) is 17.7 Å². The highest BCUT2D eigenvalue weighted by atomic mass is 19.1. The molecule has 0 spiro atoms. The van der Waals surface area contributed by atoms with Gasteiger partial charge >= 0.3 is 0 Å². The topological polar surface area (TPSA) is 68.0 Å². The van der Waals surface area contributed by atoms with Crippen molar-refractivity contribution in [2.45, 2.75) is 19.8 Å². The normalized spacial score (nSPS) is 10.7. The highest BCUT2D eigenvalue weighted by Gasteiger charge is 2.13. The molecule has 2 aromatic heterocycles. The van der Waals surface area contributed by atoms with Crippen LogP contribution in [0.3, 0.4) is 0 Å². The standard InChI is InChI=1S/C18H15F2N3O2/c1-11-2-5-16(21-9-11)23-17(24)6-7-18-22-10-15(25-18)13-4-3-12(19)8-14(13)20/h2-5,8-10H,6-7H2,1H3,(H,21,23,24). The summed E-state index contributed by atoms with van der Waals surface area (Å²) in [6.45, 7) is 1.91. The quantitative estimate of drug-likeness (QED) is 0.763. The third-order valence-electron chi connectivity index (χ3n) is 3.49. The van der Waals surface area contributed by atoms with Gasteiger partial charge in [0.2, 0.25) is 5.91 Å². The molecule has 0 saturated heterocycles. The number of aromatic nitrogens is 2. The van der Waals surface area contributed by atoms with Crippen LogP contribution in [0.1, 0.15) is 17.9 Å². The van der Waals surface area contributed by atoms with Gasteiger partial charge in [0.1, 0.15) is 17.5 Å². The first-order valence-electron chi connectivity index (χ1n) is 7.64. The van der Waals surface area contributed by atoms with Gasteiger partial charge in [-0.2, -0.15) is 0 Å². The number of halogens is 2. The second-order valence-corrected chi connectivity index (χ2v) is 5.51. The molecule has 0 saturated carbocycles. The van der Waals surface area contributed by atoms with Crippen molar-refractivity contribution in [1.82, 2.24) is 9.97 Å². The van der Waals surface area contributed by atoms with E-state index in [1.165, 1.54) is 12.3 Å². The van der Waals surface area contributed by atoms with Crippen molar-refractivity contribution < 1.29 is 18.0 Å². The van der Waals surface area contributed by atoms with Crippen molar-refractivity contribution in [1.29, 1.82) is 0 Å². The summed E-state index contributed by atoms with van der Waals surface area (Å²) in [5, 5.41) is 2.67. The first kappa shape index (κ1) is 16.8. The number of hydrogen-bond acceptors (Lipinski definition) is 4. The molecular formula is C18H15F2N3O2. The van der Waals surface area contributed by atoms with Crippen molar-refractivity contribution in [3.8, 4) is 11.3 Å². The van der Waals surface area contributed by atoms with Crippen LogP contribution in [0.15, 0.2) is 47.1 Å². The number of pyridine rings is 1. The number of oxazole rings is 1. The number of carbonyl (C=O) groups is 1. The first-order valence-corrected chi connectivity index (χ1v) is 7.64. The molecule has 0 bridgehead atoms. The van der Waals surface area contributed by atoms with Crippen LogP contribution < -0.4 is 5.32 Å². The molecule has 1 N–H and O–H groups in total. The minimum atomic E-state index is -0.731. The summed E-state index contributed by atoms with van der Waals surface area (Å²) in [6, 6.07) is 6.76. The van der Waals surface area contributed by atoms with Gasteiger partial charge in [0.25, 0.3) is 0 Å². The zero-order valence-corrected chi connectivity index (χ0v) is 13.4. The van der Waals surface area contributed by atoms with Gasteiger partial charge in [-0.1, -0.05) is 6.07 Å². The number of nitrogens with one attached hydrogen (secondary N) is 1. The Morgan fingerprint density at radius 1 is 1.16 bits per heavy atom. The molecule has 0 atom stereocenters. The molecule has 3 rings (SSSR count). The number of anilines is 1. The van der Waals surface area contributed by atoms with Gasteiger partial charge < -0.3 is 9.73 Å². The number of carbonyl (C=O) groups excluding carboxylic acids is 1. The minimum Gasteiger partial charge on any atom is -0.441 e. The van der Waals surface area contributed by atoms with E-state index in [2.05, 4.69) is 15.3 Å². The molecule has 128 valence electrons. The highest BCUT2D eigenvalue weighted by molar-refractivity contribution is 5.89. The Labute approximate surface area is 142 Å². The fourth-order valence-corrected chi connectivity index (χ4v) is 2.21. The average Bonchev–Trinajstić information content (AvgIpc) is 3.04. The summed E-state index contributed by atoms with van der Waals surface area (Å²) in [4.78, 5) is 20.0.